The molecule has 5 rings (SSSR count). The number of pyridine rings is 1. The molecule has 2 unspecified atom stereocenters. The first kappa shape index (κ1) is 29.9. The zero-order valence-corrected chi connectivity index (χ0v) is 21.9. The maximum Gasteiger partial charge on any atom is 3.00 e. The number of halogens is 3. The Kier molecular flexibility index (Phi) is 10.6. The molecule has 0 bridgehead atoms. The van der Waals surface area contributed by atoms with Crippen LogP contribution in [0.3, 0.4) is 0 Å². The standard InChI is InChI=1S/C25H23N3O2.3ClH.Co/c1-24(18-10-5-3-6-11-18)16-29-22(27-24)20-14-9-15-21(26-20)23-28-25(2,17-30-23)19-12-7-4-8-13-19;;;;/h3-15H,16-17H2,1-2H3;3*1H;/q;;;;+3/p-3. The first-order valence-corrected chi connectivity index (χ1v) is 10.1. The van der Waals surface area contributed by atoms with Gasteiger partial charge in [-0.05, 0) is 37.1 Å². The van der Waals surface area contributed by atoms with Crippen LogP contribution in [-0.2, 0) is 37.3 Å². The summed E-state index contributed by atoms with van der Waals surface area (Å²) in [6.45, 7) is 5.13. The minimum atomic E-state index is -0.415. The molecule has 1 aromatic heterocycles. The molecule has 2 aliphatic heterocycles. The Balaban J connectivity index is 0.00000144. The first-order valence-electron chi connectivity index (χ1n) is 10.1. The van der Waals surface area contributed by atoms with Crippen LogP contribution in [0.2, 0.25) is 0 Å². The molecule has 0 amide bonds. The van der Waals surface area contributed by atoms with E-state index in [1.165, 1.54) is 0 Å². The van der Waals surface area contributed by atoms with Crippen LogP contribution in [0.15, 0.2) is 88.8 Å². The summed E-state index contributed by atoms with van der Waals surface area (Å²) >= 11 is 0. The van der Waals surface area contributed by atoms with Crippen molar-refractivity contribution in [3.05, 3.63) is 101 Å². The van der Waals surface area contributed by atoms with Crippen molar-refractivity contribution in [3.8, 4) is 0 Å². The zero-order valence-electron chi connectivity index (χ0n) is 18.5. The van der Waals surface area contributed by atoms with E-state index >= 15 is 0 Å². The van der Waals surface area contributed by atoms with Gasteiger partial charge >= 0.3 is 16.8 Å². The van der Waals surface area contributed by atoms with Crippen LogP contribution in [0.25, 0.3) is 0 Å². The number of benzene rings is 2. The van der Waals surface area contributed by atoms with E-state index in [0.717, 1.165) is 11.1 Å². The summed E-state index contributed by atoms with van der Waals surface area (Å²) in [6.07, 6.45) is 0. The molecular weight excluding hydrogens is 540 g/mol. The van der Waals surface area contributed by atoms with Crippen LogP contribution in [0.1, 0.15) is 36.4 Å². The molecule has 9 heteroatoms. The average molecular weight is 563 g/mol. The van der Waals surface area contributed by atoms with Crippen molar-refractivity contribution >= 4 is 11.8 Å². The number of hydrogen-bond donors (Lipinski definition) is 0. The van der Waals surface area contributed by atoms with Gasteiger partial charge in [0.1, 0.15) is 35.7 Å². The van der Waals surface area contributed by atoms with Gasteiger partial charge in [0, 0.05) is 0 Å². The van der Waals surface area contributed by atoms with Crippen molar-refractivity contribution < 1.29 is 63.5 Å². The van der Waals surface area contributed by atoms with Gasteiger partial charge in [0.2, 0.25) is 11.8 Å². The number of rotatable bonds is 4. The summed E-state index contributed by atoms with van der Waals surface area (Å²) in [5.74, 6) is 1.10. The van der Waals surface area contributed by atoms with Crippen LogP contribution in [0.4, 0.5) is 0 Å². The topological polar surface area (TPSA) is 56.1 Å². The Labute approximate surface area is 228 Å². The van der Waals surface area contributed by atoms with E-state index in [-0.39, 0.29) is 54.0 Å². The van der Waals surface area contributed by atoms with Gasteiger partial charge in [-0.15, -0.1) is 0 Å². The summed E-state index contributed by atoms with van der Waals surface area (Å²) in [5, 5.41) is 0. The average Bonchev–Trinajstić information content (AvgIpc) is 3.40. The molecule has 0 radical (unpaired) electrons. The predicted octanol–water partition coefficient (Wildman–Crippen LogP) is -4.52. The van der Waals surface area contributed by atoms with Crippen LogP contribution in [0, 0.1) is 0 Å². The zero-order chi connectivity index (χ0) is 20.6. The van der Waals surface area contributed by atoms with Gasteiger partial charge in [-0.25, -0.2) is 15.0 Å². The van der Waals surface area contributed by atoms with E-state index in [0.29, 0.717) is 36.4 Å². The number of ether oxygens (including phenoxy) is 2. The van der Waals surface area contributed by atoms with E-state index in [4.69, 9.17) is 24.4 Å². The van der Waals surface area contributed by atoms with Crippen molar-refractivity contribution in [1.29, 1.82) is 0 Å². The third-order valence-electron chi connectivity index (χ3n) is 5.66. The van der Waals surface area contributed by atoms with E-state index in [2.05, 4.69) is 38.1 Å². The SMILES string of the molecule is CC1(c2ccccc2)COC(c2cccc(C3=NC(C)(c4ccccc4)CO3)n2)=N1.[Cl-].[Cl-].[Cl-].[Co+3]. The van der Waals surface area contributed by atoms with E-state index < -0.39 is 11.1 Å². The van der Waals surface area contributed by atoms with Crippen LogP contribution in [-0.4, -0.2) is 30.0 Å². The minimum Gasteiger partial charge on any atom is -1.00 e. The van der Waals surface area contributed by atoms with Gasteiger partial charge in [0.15, 0.2) is 0 Å². The molecule has 2 aliphatic rings. The molecule has 2 aromatic carbocycles. The Morgan fingerprint density at radius 1 is 0.588 bits per heavy atom. The monoisotopic (exact) mass is 561 g/mol. The normalized spacial score (nSPS) is 22.3. The van der Waals surface area contributed by atoms with Gasteiger partial charge in [0.05, 0.1) is 0 Å². The summed E-state index contributed by atoms with van der Waals surface area (Å²) in [7, 11) is 0. The fourth-order valence-corrected chi connectivity index (χ4v) is 3.82. The van der Waals surface area contributed by atoms with Crippen LogP contribution >= 0.6 is 0 Å². The van der Waals surface area contributed by atoms with Crippen molar-refractivity contribution in [2.24, 2.45) is 9.98 Å². The fourth-order valence-electron chi connectivity index (χ4n) is 3.82. The molecule has 2 atom stereocenters. The van der Waals surface area contributed by atoms with E-state index in [1.807, 2.05) is 54.6 Å². The third-order valence-corrected chi connectivity index (χ3v) is 5.66. The molecule has 0 fully saturated rings. The second kappa shape index (κ2) is 12.0. The van der Waals surface area contributed by atoms with Crippen LogP contribution in [0.5, 0.6) is 0 Å². The number of aliphatic imine (C=N–C) groups is 2. The molecule has 0 saturated carbocycles. The van der Waals surface area contributed by atoms with Gasteiger partial charge in [-0.2, -0.15) is 0 Å². The quantitative estimate of drug-likeness (QED) is 0.322. The van der Waals surface area contributed by atoms with Crippen molar-refractivity contribution in [2.75, 3.05) is 13.2 Å². The molecule has 3 aromatic rings. The number of hydrogen-bond acceptors (Lipinski definition) is 5. The smallest absolute Gasteiger partial charge is 1.00 e. The predicted molar refractivity (Wildman–Crippen MR) is 117 cm³/mol. The van der Waals surface area contributed by atoms with Gasteiger partial charge < -0.3 is 46.7 Å². The minimum absolute atomic E-state index is 0. The van der Waals surface area contributed by atoms with Crippen molar-refractivity contribution in [1.82, 2.24) is 4.98 Å². The molecule has 5 nitrogen and oxygen atoms in total. The van der Waals surface area contributed by atoms with Crippen molar-refractivity contribution in [2.45, 2.75) is 24.9 Å². The third kappa shape index (κ3) is 5.75. The van der Waals surface area contributed by atoms with Crippen molar-refractivity contribution in [3.63, 3.8) is 0 Å². The summed E-state index contributed by atoms with van der Waals surface area (Å²) in [5.41, 5.74) is 2.79. The number of nitrogens with zero attached hydrogens (tertiary/aromatic N) is 3. The Bertz CT molecular complexity index is 1060. The molecular formula is C25H23Cl3CoN3O2. The molecule has 0 spiro atoms. The Morgan fingerprint density at radius 3 is 1.35 bits per heavy atom. The molecule has 0 saturated heterocycles. The fraction of sp³-hybridized carbons (Fsp3) is 0.240. The molecule has 180 valence electrons. The maximum absolute atomic E-state index is 5.94. The van der Waals surface area contributed by atoms with Crippen LogP contribution < -0.4 is 37.2 Å². The van der Waals surface area contributed by atoms with E-state index in [1.54, 1.807) is 0 Å². The molecule has 0 N–H and O–H groups in total. The second-order valence-corrected chi connectivity index (χ2v) is 8.10. The molecule has 0 aliphatic carbocycles. The van der Waals surface area contributed by atoms with E-state index in [9.17, 15) is 0 Å². The first-order chi connectivity index (χ1) is 14.6. The number of aromatic nitrogens is 1. The Hall–Kier alpha value is -2.09. The van der Waals surface area contributed by atoms with Gasteiger partial charge in [0.25, 0.3) is 0 Å². The Morgan fingerprint density at radius 2 is 0.971 bits per heavy atom. The summed E-state index contributed by atoms with van der Waals surface area (Å²) in [6, 6.07) is 26.1. The van der Waals surface area contributed by atoms with Gasteiger partial charge in [-0.3, -0.25) is 0 Å². The summed E-state index contributed by atoms with van der Waals surface area (Å²) < 4.78 is 11.9. The maximum atomic E-state index is 5.94. The largest absolute Gasteiger partial charge is 3.00 e. The summed E-state index contributed by atoms with van der Waals surface area (Å²) in [4.78, 5) is 14.5. The molecule has 34 heavy (non-hydrogen) atoms. The van der Waals surface area contributed by atoms with Gasteiger partial charge in [-0.1, -0.05) is 66.7 Å². The molecule has 3 heterocycles. The second-order valence-electron chi connectivity index (χ2n) is 8.10.